The Hall–Kier alpha value is -2.82. The van der Waals surface area contributed by atoms with Gasteiger partial charge in [0, 0.05) is 5.56 Å². The van der Waals surface area contributed by atoms with E-state index in [1.165, 1.54) is 0 Å². The molecule has 0 aromatic heterocycles. The van der Waals surface area contributed by atoms with Crippen molar-refractivity contribution in [1.29, 1.82) is 0 Å². The van der Waals surface area contributed by atoms with E-state index in [2.05, 4.69) is 10.5 Å². The van der Waals surface area contributed by atoms with Crippen LogP contribution in [0.2, 0.25) is 0 Å². The maximum absolute atomic E-state index is 11.9. The van der Waals surface area contributed by atoms with E-state index >= 15 is 0 Å². The molecule has 0 saturated heterocycles. The van der Waals surface area contributed by atoms with E-state index < -0.39 is 0 Å². The summed E-state index contributed by atoms with van der Waals surface area (Å²) in [4.78, 5) is 11.9. The number of hydrogen-bond acceptors (Lipinski definition) is 4. The molecule has 0 aliphatic rings. The predicted molar refractivity (Wildman–Crippen MR) is 81.0 cm³/mol. The largest absolute Gasteiger partial charge is 0.497 e. The molecule has 1 N–H and O–H groups in total. The van der Waals surface area contributed by atoms with Gasteiger partial charge < -0.3 is 9.47 Å². The van der Waals surface area contributed by atoms with Crippen LogP contribution < -0.4 is 14.9 Å². The SMILES string of the molecule is COc1ccc(/C=N\NC(=O)c2cccc(OC)c2)cc1. The highest BCUT2D eigenvalue weighted by Gasteiger charge is 2.04. The van der Waals surface area contributed by atoms with Gasteiger partial charge in [0.2, 0.25) is 0 Å². The molecule has 0 heterocycles. The number of hydrazone groups is 1. The van der Waals surface area contributed by atoms with E-state index in [1.54, 1.807) is 44.7 Å². The number of nitrogens with zero attached hydrogens (tertiary/aromatic N) is 1. The van der Waals surface area contributed by atoms with Crippen LogP contribution in [0, 0.1) is 0 Å². The average Bonchev–Trinajstić information content (AvgIpc) is 2.55. The first-order valence-corrected chi connectivity index (χ1v) is 6.34. The lowest BCUT2D eigenvalue weighted by Crippen LogP contribution is -2.17. The zero-order chi connectivity index (χ0) is 15.1. The highest BCUT2D eigenvalue weighted by atomic mass is 16.5. The summed E-state index contributed by atoms with van der Waals surface area (Å²) in [5, 5.41) is 3.92. The van der Waals surface area contributed by atoms with Crippen molar-refractivity contribution in [1.82, 2.24) is 5.43 Å². The molecule has 0 atom stereocenters. The number of carbonyl (C=O) groups excluding carboxylic acids is 1. The molecule has 21 heavy (non-hydrogen) atoms. The summed E-state index contributed by atoms with van der Waals surface area (Å²) >= 11 is 0. The number of rotatable bonds is 5. The molecule has 1 amide bonds. The van der Waals surface area contributed by atoms with E-state index in [1.807, 2.05) is 24.3 Å². The molecule has 0 bridgehead atoms. The minimum Gasteiger partial charge on any atom is -0.497 e. The van der Waals surface area contributed by atoms with E-state index in [0.717, 1.165) is 11.3 Å². The van der Waals surface area contributed by atoms with Gasteiger partial charge >= 0.3 is 0 Å². The first kappa shape index (κ1) is 14.6. The van der Waals surface area contributed by atoms with Gasteiger partial charge in [0.05, 0.1) is 20.4 Å². The maximum atomic E-state index is 11.9. The fraction of sp³-hybridized carbons (Fsp3) is 0.125. The lowest BCUT2D eigenvalue weighted by atomic mass is 10.2. The molecular weight excluding hydrogens is 268 g/mol. The number of benzene rings is 2. The van der Waals surface area contributed by atoms with Gasteiger partial charge in [-0.15, -0.1) is 0 Å². The monoisotopic (exact) mass is 284 g/mol. The number of carbonyl (C=O) groups is 1. The summed E-state index contributed by atoms with van der Waals surface area (Å²) in [5.74, 6) is 1.10. The highest BCUT2D eigenvalue weighted by molar-refractivity contribution is 5.95. The van der Waals surface area contributed by atoms with Gasteiger partial charge in [0.25, 0.3) is 5.91 Å². The van der Waals surface area contributed by atoms with Gasteiger partial charge in [-0.3, -0.25) is 4.79 Å². The van der Waals surface area contributed by atoms with E-state index in [4.69, 9.17) is 9.47 Å². The lowest BCUT2D eigenvalue weighted by Gasteiger charge is -2.03. The Kier molecular flexibility index (Phi) is 4.93. The van der Waals surface area contributed by atoms with Crippen LogP contribution in [0.15, 0.2) is 53.6 Å². The van der Waals surface area contributed by atoms with Crippen molar-refractivity contribution in [3.8, 4) is 11.5 Å². The fourth-order valence-electron chi connectivity index (χ4n) is 1.68. The Labute approximate surface area is 123 Å². The summed E-state index contributed by atoms with van der Waals surface area (Å²) in [5.41, 5.74) is 3.82. The second kappa shape index (κ2) is 7.09. The molecule has 2 aromatic rings. The molecule has 0 aliphatic heterocycles. The maximum Gasteiger partial charge on any atom is 0.271 e. The van der Waals surface area contributed by atoms with Crippen LogP contribution in [0.4, 0.5) is 0 Å². The summed E-state index contributed by atoms with van der Waals surface area (Å²) in [7, 11) is 3.16. The van der Waals surface area contributed by atoms with Crippen molar-refractivity contribution in [2.75, 3.05) is 14.2 Å². The summed E-state index contributed by atoms with van der Waals surface area (Å²) < 4.78 is 10.1. The zero-order valence-corrected chi connectivity index (χ0v) is 11.9. The number of nitrogens with one attached hydrogen (secondary N) is 1. The summed E-state index contributed by atoms with van der Waals surface area (Å²) in [6.45, 7) is 0. The Morgan fingerprint density at radius 3 is 2.43 bits per heavy atom. The smallest absolute Gasteiger partial charge is 0.271 e. The van der Waals surface area contributed by atoms with Crippen LogP contribution in [0.1, 0.15) is 15.9 Å². The normalized spacial score (nSPS) is 10.4. The fourth-order valence-corrected chi connectivity index (χ4v) is 1.68. The van der Waals surface area contributed by atoms with Gasteiger partial charge in [0.1, 0.15) is 11.5 Å². The third-order valence-electron chi connectivity index (χ3n) is 2.83. The Morgan fingerprint density at radius 2 is 1.76 bits per heavy atom. The van der Waals surface area contributed by atoms with Crippen LogP contribution in [0.3, 0.4) is 0 Å². The van der Waals surface area contributed by atoms with Crippen molar-refractivity contribution in [2.45, 2.75) is 0 Å². The molecule has 2 rings (SSSR count). The second-order valence-corrected chi connectivity index (χ2v) is 4.20. The molecule has 0 unspecified atom stereocenters. The zero-order valence-electron chi connectivity index (χ0n) is 11.9. The molecule has 5 heteroatoms. The van der Waals surface area contributed by atoms with E-state index in [0.29, 0.717) is 11.3 Å². The Balaban J connectivity index is 1.97. The molecule has 0 aliphatic carbocycles. The Morgan fingerprint density at radius 1 is 1.05 bits per heavy atom. The van der Waals surface area contributed by atoms with Crippen LogP contribution in [0.5, 0.6) is 11.5 Å². The Bertz CT molecular complexity index is 636. The van der Waals surface area contributed by atoms with Gasteiger partial charge in [-0.1, -0.05) is 6.07 Å². The molecule has 5 nitrogen and oxygen atoms in total. The van der Waals surface area contributed by atoms with Crippen molar-refractivity contribution in [3.63, 3.8) is 0 Å². The van der Waals surface area contributed by atoms with Gasteiger partial charge in [-0.2, -0.15) is 5.10 Å². The number of ether oxygens (including phenoxy) is 2. The third kappa shape index (κ3) is 4.07. The van der Waals surface area contributed by atoms with Gasteiger partial charge in [0.15, 0.2) is 0 Å². The van der Waals surface area contributed by atoms with Crippen molar-refractivity contribution < 1.29 is 14.3 Å². The quantitative estimate of drug-likeness (QED) is 0.677. The van der Waals surface area contributed by atoms with Gasteiger partial charge in [-0.05, 0) is 48.0 Å². The first-order chi connectivity index (χ1) is 10.2. The van der Waals surface area contributed by atoms with Crippen molar-refractivity contribution in [3.05, 3.63) is 59.7 Å². The molecule has 0 fully saturated rings. The highest BCUT2D eigenvalue weighted by Crippen LogP contribution is 2.12. The first-order valence-electron chi connectivity index (χ1n) is 6.34. The van der Waals surface area contributed by atoms with Crippen LogP contribution in [0.25, 0.3) is 0 Å². The van der Waals surface area contributed by atoms with Crippen molar-refractivity contribution in [2.24, 2.45) is 5.10 Å². The molecule has 2 aromatic carbocycles. The third-order valence-corrected chi connectivity index (χ3v) is 2.83. The molecule has 108 valence electrons. The van der Waals surface area contributed by atoms with E-state index in [9.17, 15) is 4.79 Å². The molecule has 0 spiro atoms. The topological polar surface area (TPSA) is 59.9 Å². The second-order valence-electron chi connectivity index (χ2n) is 4.20. The van der Waals surface area contributed by atoms with Gasteiger partial charge in [-0.25, -0.2) is 5.43 Å². The molecular formula is C16H16N2O3. The predicted octanol–water partition coefficient (Wildman–Crippen LogP) is 2.47. The molecule has 0 radical (unpaired) electrons. The van der Waals surface area contributed by atoms with Crippen LogP contribution in [-0.4, -0.2) is 26.3 Å². The molecule has 0 saturated carbocycles. The number of methoxy groups -OCH3 is 2. The van der Waals surface area contributed by atoms with E-state index in [-0.39, 0.29) is 5.91 Å². The number of hydrogen-bond donors (Lipinski definition) is 1. The van der Waals surface area contributed by atoms with Crippen LogP contribution >= 0.6 is 0 Å². The lowest BCUT2D eigenvalue weighted by molar-refractivity contribution is 0.0955. The minimum atomic E-state index is -0.293. The minimum absolute atomic E-state index is 0.293. The van der Waals surface area contributed by atoms with Crippen LogP contribution in [-0.2, 0) is 0 Å². The average molecular weight is 284 g/mol. The van der Waals surface area contributed by atoms with Crippen molar-refractivity contribution >= 4 is 12.1 Å². The summed E-state index contributed by atoms with van der Waals surface area (Å²) in [6, 6.07) is 14.2. The standard InChI is InChI=1S/C16H16N2O3/c1-20-14-8-6-12(7-9-14)11-17-18-16(19)13-4-3-5-15(10-13)21-2/h3-11H,1-2H3,(H,18,19)/b17-11-. The number of amides is 1. The summed E-state index contributed by atoms with van der Waals surface area (Å²) in [6.07, 6.45) is 1.57.